The van der Waals surface area contributed by atoms with Gasteiger partial charge in [-0.1, -0.05) is 71.9 Å². The number of halogens is 3. The van der Waals surface area contributed by atoms with Crippen molar-refractivity contribution in [3.63, 3.8) is 0 Å². The average molecular weight is 428 g/mol. The molecule has 31 heavy (non-hydrogen) atoms. The molecule has 0 saturated heterocycles. The molecule has 164 valence electrons. The van der Waals surface area contributed by atoms with E-state index >= 15 is 0 Å². The number of nitrogens with zero attached hydrogens (tertiary/aromatic N) is 1. The molecule has 0 aliphatic carbocycles. The van der Waals surface area contributed by atoms with E-state index in [0.717, 1.165) is 17.2 Å². The summed E-state index contributed by atoms with van der Waals surface area (Å²) in [5, 5.41) is 11.1. The Bertz CT molecular complexity index is 1100. The zero-order valence-electron chi connectivity index (χ0n) is 18.7. The summed E-state index contributed by atoms with van der Waals surface area (Å²) in [6, 6.07) is 14.2. The van der Waals surface area contributed by atoms with Crippen LogP contribution in [0.25, 0.3) is 22.5 Å². The van der Waals surface area contributed by atoms with Crippen molar-refractivity contribution in [2.24, 2.45) is 0 Å². The van der Waals surface area contributed by atoms with E-state index in [2.05, 4.69) is 25.8 Å². The number of hydrogen-bond donors (Lipinski definition) is 1. The molecule has 2 nitrogen and oxygen atoms in total. The van der Waals surface area contributed by atoms with Crippen molar-refractivity contribution in [2.45, 2.75) is 58.5 Å². The monoisotopic (exact) mass is 427 g/mol. The molecular formula is C26H28F3NO. The highest BCUT2D eigenvalue weighted by atomic mass is 19.4. The average Bonchev–Trinajstić information content (AvgIpc) is 2.66. The lowest BCUT2D eigenvalue weighted by Crippen LogP contribution is -2.17. The molecule has 0 bridgehead atoms. The second-order valence-electron chi connectivity index (χ2n) is 9.87. The van der Waals surface area contributed by atoms with Gasteiger partial charge in [0.25, 0.3) is 0 Å². The molecule has 1 heterocycles. The van der Waals surface area contributed by atoms with Crippen LogP contribution in [0, 0.1) is 0 Å². The smallest absolute Gasteiger partial charge is 0.417 e. The predicted molar refractivity (Wildman–Crippen MR) is 119 cm³/mol. The predicted octanol–water partition coefficient (Wildman–Crippen LogP) is 7.74. The van der Waals surface area contributed by atoms with Gasteiger partial charge in [0.15, 0.2) is 0 Å². The lowest BCUT2D eigenvalue weighted by molar-refractivity contribution is -0.137. The molecule has 0 amide bonds. The van der Waals surface area contributed by atoms with Crippen LogP contribution >= 0.6 is 0 Å². The Kier molecular flexibility index (Phi) is 5.68. The first-order chi connectivity index (χ1) is 14.2. The fourth-order valence-electron chi connectivity index (χ4n) is 3.52. The zero-order chi connectivity index (χ0) is 23.2. The highest BCUT2D eigenvalue weighted by molar-refractivity contribution is 5.74. The highest BCUT2D eigenvalue weighted by Gasteiger charge is 2.34. The van der Waals surface area contributed by atoms with Gasteiger partial charge in [-0.25, -0.2) is 4.98 Å². The van der Waals surface area contributed by atoms with Crippen LogP contribution in [0.5, 0.6) is 5.75 Å². The van der Waals surface area contributed by atoms with Crippen molar-refractivity contribution >= 4 is 0 Å². The number of rotatable bonds is 2. The Morgan fingerprint density at radius 3 is 1.81 bits per heavy atom. The normalized spacial score (nSPS) is 12.8. The van der Waals surface area contributed by atoms with E-state index in [1.165, 1.54) is 12.1 Å². The maximum atomic E-state index is 13.5. The van der Waals surface area contributed by atoms with E-state index < -0.39 is 11.7 Å². The van der Waals surface area contributed by atoms with Gasteiger partial charge < -0.3 is 5.11 Å². The minimum Gasteiger partial charge on any atom is -0.507 e. The molecule has 3 aromatic rings. The van der Waals surface area contributed by atoms with Gasteiger partial charge in [0, 0.05) is 16.7 Å². The highest BCUT2D eigenvalue weighted by Crippen LogP contribution is 2.42. The molecule has 0 aliphatic rings. The van der Waals surface area contributed by atoms with E-state index in [1.807, 2.05) is 32.9 Å². The summed E-state index contributed by atoms with van der Waals surface area (Å²) in [4.78, 5) is 4.53. The Morgan fingerprint density at radius 2 is 1.26 bits per heavy atom. The van der Waals surface area contributed by atoms with Crippen LogP contribution in [0.3, 0.4) is 0 Å². The minimum atomic E-state index is -4.48. The topological polar surface area (TPSA) is 33.1 Å². The van der Waals surface area contributed by atoms with E-state index in [0.29, 0.717) is 11.3 Å². The number of pyridine rings is 1. The molecule has 0 aliphatic heterocycles. The molecule has 3 rings (SSSR count). The fourth-order valence-corrected chi connectivity index (χ4v) is 3.52. The number of hydrogen-bond acceptors (Lipinski definition) is 2. The summed E-state index contributed by atoms with van der Waals surface area (Å²) in [5.74, 6) is 0.106. The third-order valence-electron chi connectivity index (χ3n) is 5.32. The summed E-state index contributed by atoms with van der Waals surface area (Å²) in [6.07, 6.45) is -4.48. The Morgan fingerprint density at radius 1 is 0.677 bits per heavy atom. The van der Waals surface area contributed by atoms with E-state index in [4.69, 9.17) is 0 Å². The second-order valence-corrected chi connectivity index (χ2v) is 9.87. The molecular weight excluding hydrogens is 399 g/mol. The molecule has 5 heteroatoms. The molecule has 0 saturated carbocycles. The summed E-state index contributed by atoms with van der Waals surface area (Å²) in [6.45, 7) is 12.3. The number of aromatic nitrogens is 1. The van der Waals surface area contributed by atoms with Crippen LogP contribution in [0.1, 0.15) is 58.2 Å². The van der Waals surface area contributed by atoms with Crippen molar-refractivity contribution in [1.29, 1.82) is 0 Å². The number of phenols is 1. The zero-order valence-corrected chi connectivity index (χ0v) is 18.7. The SMILES string of the molecule is CC(C)(C)c1cc(-c2cccc(-c3ccccc3C(F)(F)F)n2)c(O)c(C(C)(C)C)c1. The van der Waals surface area contributed by atoms with Gasteiger partial charge in [-0.3, -0.25) is 0 Å². The van der Waals surface area contributed by atoms with Crippen LogP contribution < -0.4 is 0 Å². The van der Waals surface area contributed by atoms with Gasteiger partial charge >= 0.3 is 6.18 Å². The summed E-state index contributed by atoms with van der Waals surface area (Å²) in [5.41, 5.74) is 1.74. The molecule has 1 aromatic heterocycles. The van der Waals surface area contributed by atoms with Gasteiger partial charge in [0.2, 0.25) is 0 Å². The molecule has 0 fully saturated rings. The Balaban J connectivity index is 2.25. The Labute approximate surface area is 181 Å². The standard InChI is InChI=1S/C26H28F3NO/c1-24(2,3)16-14-18(23(31)20(15-16)25(4,5)6)22-13-9-12-21(30-22)17-10-7-8-11-19(17)26(27,28)29/h7-15,31H,1-6H3. The van der Waals surface area contributed by atoms with Crippen molar-refractivity contribution < 1.29 is 18.3 Å². The van der Waals surface area contributed by atoms with E-state index in [1.54, 1.807) is 24.3 Å². The van der Waals surface area contributed by atoms with Crippen molar-refractivity contribution in [3.8, 4) is 28.3 Å². The largest absolute Gasteiger partial charge is 0.507 e. The Hall–Kier alpha value is -2.82. The van der Waals surface area contributed by atoms with Gasteiger partial charge in [0.05, 0.1) is 17.0 Å². The van der Waals surface area contributed by atoms with E-state index in [9.17, 15) is 18.3 Å². The maximum Gasteiger partial charge on any atom is 0.417 e. The van der Waals surface area contributed by atoms with Gasteiger partial charge in [-0.05, 0) is 40.7 Å². The molecule has 0 radical (unpaired) electrons. The second kappa shape index (κ2) is 7.70. The molecule has 0 atom stereocenters. The first-order valence-electron chi connectivity index (χ1n) is 10.2. The fraction of sp³-hybridized carbons (Fsp3) is 0.346. The maximum absolute atomic E-state index is 13.5. The van der Waals surface area contributed by atoms with Crippen LogP contribution in [-0.4, -0.2) is 10.1 Å². The quantitative estimate of drug-likeness (QED) is 0.454. The molecule has 2 aromatic carbocycles. The molecule has 0 spiro atoms. The van der Waals surface area contributed by atoms with Crippen molar-refractivity contribution in [3.05, 3.63) is 71.3 Å². The van der Waals surface area contributed by atoms with Crippen molar-refractivity contribution in [1.82, 2.24) is 4.98 Å². The number of benzene rings is 2. The summed E-state index contributed by atoms with van der Waals surface area (Å²) in [7, 11) is 0. The van der Waals surface area contributed by atoms with Crippen LogP contribution in [-0.2, 0) is 17.0 Å². The van der Waals surface area contributed by atoms with Crippen LogP contribution in [0.2, 0.25) is 0 Å². The third kappa shape index (κ3) is 4.76. The lowest BCUT2D eigenvalue weighted by Gasteiger charge is -2.27. The number of aromatic hydroxyl groups is 1. The number of phenolic OH excluding ortho intramolecular Hbond substituents is 1. The first-order valence-corrected chi connectivity index (χ1v) is 10.2. The lowest BCUT2D eigenvalue weighted by atomic mass is 9.78. The van der Waals surface area contributed by atoms with Crippen LogP contribution in [0.4, 0.5) is 13.2 Å². The van der Waals surface area contributed by atoms with Gasteiger partial charge in [-0.2, -0.15) is 13.2 Å². The molecule has 0 unspecified atom stereocenters. The number of alkyl halides is 3. The van der Waals surface area contributed by atoms with Gasteiger partial charge in [0.1, 0.15) is 5.75 Å². The van der Waals surface area contributed by atoms with E-state index in [-0.39, 0.29) is 27.8 Å². The first kappa shape index (κ1) is 22.9. The summed E-state index contributed by atoms with van der Waals surface area (Å²) >= 11 is 0. The minimum absolute atomic E-state index is 0.0133. The van der Waals surface area contributed by atoms with Crippen molar-refractivity contribution in [2.75, 3.05) is 0 Å². The third-order valence-corrected chi connectivity index (χ3v) is 5.32. The summed E-state index contributed by atoms with van der Waals surface area (Å²) < 4.78 is 40.6. The molecule has 1 N–H and O–H groups in total. The van der Waals surface area contributed by atoms with Gasteiger partial charge in [-0.15, -0.1) is 0 Å². The van der Waals surface area contributed by atoms with Crippen LogP contribution in [0.15, 0.2) is 54.6 Å².